The van der Waals surface area contributed by atoms with Gasteiger partial charge in [-0.15, -0.1) is 0 Å². The Morgan fingerprint density at radius 2 is 1.90 bits per heavy atom. The summed E-state index contributed by atoms with van der Waals surface area (Å²) in [6.45, 7) is 2.17. The molecule has 1 aliphatic heterocycles. The van der Waals surface area contributed by atoms with E-state index >= 15 is 0 Å². The number of esters is 3. The van der Waals surface area contributed by atoms with E-state index in [1.807, 2.05) is 24.3 Å². The van der Waals surface area contributed by atoms with Crippen molar-refractivity contribution in [1.29, 1.82) is 0 Å². The first-order valence-electron chi connectivity index (χ1n) is 9.33. The molecule has 0 amide bonds. The maximum Gasteiger partial charge on any atom is 0.377 e. The van der Waals surface area contributed by atoms with E-state index in [0.717, 1.165) is 9.13 Å². The van der Waals surface area contributed by atoms with Crippen LogP contribution in [0.5, 0.6) is 0 Å². The van der Waals surface area contributed by atoms with Gasteiger partial charge in [-0.2, -0.15) is 8.78 Å². The van der Waals surface area contributed by atoms with Gasteiger partial charge in [-0.1, -0.05) is 12.1 Å². The molecule has 9 heteroatoms. The number of hydrogen-bond acceptors (Lipinski definition) is 6. The zero-order valence-corrected chi connectivity index (χ0v) is 17.8. The lowest BCUT2D eigenvalue weighted by Crippen LogP contribution is -2.45. The summed E-state index contributed by atoms with van der Waals surface area (Å²) in [5.74, 6) is -8.98. The van der Waals surface area contributed by atoms with Gasteiger partial charge in [-0.05, 0) is 53.6 Å². The Labute approximate surface area is 179 Å². The zero-order chi connectivity index (χ0) is 21.1. The molecule has 156 valence electrons. The smallest absolute Gasteiger partial charge is 0.377 e. The van der Waals surface area contributed by atoms with E-state index < -0.39 is 59.9 Å². The first-order chi connectivity index (χ1) is 13.6. The molecule has 1 heterocycles. The Morgan fingerprint density at radius 1 is 1.24 bits per heavy atom. The monoisotopic (exact) mass is 520 g/mol. The molecule has 0 radical (unpaired) electrons. The van der Waals surface area contributed by atoms with Crippen LogP contribution in [0.1, 0.15) is 31.9 Å². The highest BCUT2D eigenvalue weighted by Gasteiger charge is 2.70. The van der Waals surface area contributed by atoms with E-state index in [4.69, 9.17) is 14.2 Å². The fraction of sp³-hybridized carbons (Fsp3) is 0.550. The van der Waals surface area contributed by atoms with Crippen LogP contribution >= 0.6 is 22.6 Å². The van der Waals surface area contributed by atoms with Crippen LogP contribution < -0.4 is 0 Å². The minimum atomic E-state index is -3.67. The van der Waals surface area contributed by atoms with Gasteiger partial charge in [0, 0.05) is 22.3 Å². The van der Waals surface area contributed by atoms with Crippen LogP contribution in [0.2, 0.25) is 0 Å². The standard InChI is InChI=1S/C20H19F2IO6/c1-8(9-3-5-10(23)6-4-9)27-17(24)13-12-7-11-14(13)18(25)28-15(11)16(12)29-19(26)20(2,21)22/h3-6,8,11-16H,7H2,1-2H3. The highest BCUT2D eigenvalue weighted by Crippen LogP contribution is 2.59. The summed E-state index contributed by atoms with van der Waals surface area (Å²) in [4.78, 5) is 36.9. The third-order valence-corrected chi connectivity index (χ3v) is 6.77. The Bertz CT molecular complexity index is 852. The first-order valence-corrected chi connectivity index (χ1v) is 10.4. The van der Waals surface area contributed by atoms with Gasteiger partial charge in [-0.3, -0.25) is 9.59 Å². The Balaban J connectivity index is 1.52. The topological polar surface area (TPSA) is 78.9 Å². The molecule has 0 spiro atoms. The van der Waals surface area contributed by atoms with Gasteiger partial charge in [0.25, 0.3) is 0 Å². The highest BCUT2D eigenvalue weighted by atomic mass is 127. The number of alkyl halides is 2. The van der Waals surface area contributed by atoms with Gasteiger partial charge in [0.2, 0.25) is 0 Å². The second kappa shape index (κ2) is 7.17. The van der Waals surface area contributed by atoms with Crippen molar-refractivity contribution in [3.63, 3.8) is 0 Å². The molecule has 1 aromatic rings. The number of hydrogen-bond donors (Lipinski definition) is 0. The molecule has 2 aliphatic carbocycles. The molecule has 7 atom stereocenters. The molecule has 0 aromatic heterocycles. The molecule has 3 aliphatic rings. The van der Waals surface area contributed by atoms with Crippen LogP contribution in [0, 0.1) is 27.2 Å². The fourth-order valence-corrected chi connectivity index (χ4v) is 5.11. The zero-order valence-electron chi connectivity index (χ0n) is 15.6. The molecular formula is C20H19F2IO6. The summed E-state index contributed by atoms with van der Waals surface area (Å²) in [7, 11) is 0. The summed E-state index contributed by atoms with van der Waals surface area (Å²) in [6.07, 6.45) is -1.99. The van der Waals surface area contributed by atoms with Crippen molar-refractivity contribution in [2.75, 3.05) is 0 Å². The Kier molecular flexibility index (Phi) is 5.07. The minimum Gasteiger partial charge on any atom is -0.458 e. The lowest BCUT2D eigenvalue weighted by atomic mass is 9.78. The highest BCUT2D eigenvalue weighted by molar-refractivity contribution is 14.1. The Morgan fingerprint density at radius 3 is 2.52 bits per heavy atom. The minimum absolute atomic E-state index is 0.332. The van der Waals surface area contributed by atoms with Crippen molar-refractivity contribution in [3.8, 4) is 0 Å². The van der Waals surface area contributed by atoms with Crippen molar-refractivity contribution in [1.82, 2.24) is 0 Å². The van der Waals surface area contributed by atoms with Gasteiger partial charge >= 0.3 is 23.8 Å². The average molecular weight is 520 g/mol. The van der Waals surface area contributed by atoms with Gasteiger partial charge < -0.3 is 14.2 Å². The number of benzene rings is 1. The van der Waals surface area contributed by atoms with E-state index in [1.165, 1.54) is 0 Å². The van der Waals surface area contributed by atoms with Crippen molar-refractivity contribution in [2.24, 2.45) is 23.7 Å². The van der Waals surface area contributed by atoms with E-state index in [1.54, 1.807) is 6.92 Å². The third-order valence-electron chi connectivity index (χ3n) is 6.05. The molecule has 2 bridgehead atoms. The second-order valence-electron chi connectivity index (χ2n) is 7.91. The molecular weight excluding hydrogens is 501 g/mol. The lowest BCUT2D eigenvalue weighted by Gasteiger charge is -2.31. The summed E-state index contributed by atoms with van der Waals surface area (Å²) < 4.78 is 43.5. The van der Waals surface area contributed by atoms with Crippen LogP contribution in [-0.4, -0.2) is 36.0 Å². The van der Waals surface area contributed by atoms with Crippen LogP contribution in [0.3, 0.4) is 0 Å². The molecule has 0 N–H and O–H groups in total. The predicted octanol–water partition coefficient (Wildman–Crippen LogP) is 3.27. The molecule has 3 fully saturated rings. The van der Waals surface area contributed by atoms with Crippen LogP contribution in [0.4, 0.5) is 8.78 Å². The van der Waals surface area contributed by atoms with Crippen molar-refractivity contribution >= 4 is 40.5 Å². The quantitative estimate of drug-likeness (QED) is 0.337. The predicted molar refractivity (Wildman–Crippen MR) is 103 cm³/mol. The van der Waals surface area contributed by atoms with Gasteiger partial charge in [0.15, 0.2) is 0 Å². The van der Waals surface area contributed by atoms with Gasteiger partial charge in [0.1, 0.15) is 18.3 Å². The number of carbonyl (C=O) groups excluding carboxylic acids is 3. The van der Waals surface area contributed by atoms with Crippen molar-refractivity contribution in [2.45, 2.75) is 44.5 Å². The van der Waals surface area contributed by atoms with Crippen LogP contribution in [0.25, 0.3) is 0 Å². The summed E-state index contributed by atoms with van der Waals surface area (Å²) >= 11 is 2.17. The number of halogens is 3. The summed E-state index contributed by atoms with van der Waals surface area (Å²) in [6, 6.07) is 7.46. The molecule has 7 unspecified atom stereocenters. The molecule has 6 nitrogen and oxygen atoms in total. The number of carbonyl (C=O) groups is 3. The van der Waals surface area contributed by atoms with Crippen LogP contribution in [0.15, 0.2) is 24.3 Å². The molecule has 29 heavy (non-hydrogen) atoms. The largest absolute Gasteiger partial charge is 0.458 e. The van der Waals surface area contributed by atoms with Gasteiger partial charge in [0.05, 0.1) is 11.8 Å². The number of ether oxygens (including phenoxy) is 3. The Hall–Kier alpha value is -1.78. The van der Waals surface area contributed by atoms with Gasteiger partial charge in [-0.25, -0.2) is 4.79 Å². The molecule has 1 aromatic carbocycles. The van der Waals surface area contributed by atoms with Crippen molar-refractivity contribution < 1.29 is 37.4 Å². The van der Waals surface area contributed by atoms with Crippen LogP contribution in [-0.2, 0) is 28.6 Å². The SMILES string of the molecule is CC(OC(=O)C1C2CC3C(OC(=O)C31)C2OC(=O)C(C)(F)F)c1ccc(I)cc1. The maximum absolute atomic E-state index is 13.3. The number of rotatable bonds is 5. The van der Waals surface area contributed by atoms with E-state index in [-0.39, 0.29) is 5.92 Å². The summed E-state index contributed by atoms with van der Waals surface area (Å²) in [5.41, 5.74) is 0.794. The lowest BCUT2D eigenvalue weighted by molar-refractivity contribution is -0.186. The van der Waals surface area contributed by atoms with E-state index in [2.05, 4.69) is 22.6 Å². The fourth-order valence-electron chi connectivity index (χ4n) is 4.75. The average Bonchev–Trinajstić information content (AvgIpc) is 3.24. The third kappa shape index (κ3) is 3.51. The second-order valence-corrected chi connectivity index (χ2v) is 9.15. The summed E-state index contributed by atoms with van der Waals surface area (Å²) in [5, 5.41) is 0. The molecule has 4 rings (SSSR count). The number of fused-ring (bicyclic) bond motifs is 1. The molecule has 2 saturated carbocycles. The normalized spacial score (nSPS) is 33.3. The maximum atomic E-state index is 13.3. The molecule has 1 saturated heterocycles. The first kappa shape index (κ1) is 20.5. The van der Waals surface area contributed by atoms with Crippen molar-refractivity contribution in [3.05, 3.63) is 33.4 Å². The van der Waals surface area contributed by atoms with E-state index in [0.29, 0.717) is 13.3 Å². The van der Waals surface area contributed by atoms with E-state index in [9.17, 15) is 23.2 Å².